The molecule has 166 valence electrons. The first kappa shape index (κ1) is 22.9. The Morgan fingerprint density at radius 3 is 2.81 bits per heavy atom. The lowest BCUT2D eigenvalue weighted by Crippen LogP contribution is -2.49. The fourth-order valence-corrected chi connectivity index (χ4v) is 3.79. The highest BCUT2D eigenvalue weighted by molar-refractivity contribution is 5.97. The maximum atomic E-state index is 13.3. The van der Waals surface area contributed by atoms with E-state index in [1.807, 2.05) is 44.2 Å². The van der Waals surface area contributed by atoms with Gasteiger partial charge in [0, 0.05) is 44.1 Å². The van der Waals surface area contributed by atoms with Crippen LogP contribution < -0.4 is 4.74 Å². The number of rotatable bonds is 7. The van der Waals surface area contributed by atoms with Gasteiger partial charge in [-0.2, -0.15) is 0 Å². The van der Waals surface area contributed by atoms with E-state index in [0.29, 0.717) is 24.5 Å². The first-order chi connectivity index (χ1) is 14.9. The molecule has 0 spiro atoms. The molecule has 7 heteroatoms. The molecule has 0 saturated heterocycles. The van der Waals surface area contributed by atoms with E-state index in [9.17, 15) is 9.90 Å². The van der Waals surface area contributed by atoms with Crippen LogP contribution in [-0.4, -0.2) is 69.7 Å². The number of likely N-dealkylation sites (N-methyl/N-ethyl adjacent to an activating group) is 1. The maximum Gasteiger partial charge on any atom is 0.259 e. The summed E-state index contributed by atoms with van der Waals surface area (Å²) in [5, 5.41) is 9.75. The van der Waals surface area contributed by atoms with Crippen LogP contribution in [-0.2, 0) is 6.54 Å². The third kappa shape index (κ3) is 5.68. The van der Waals surface area contributed by atoms with Gasteiger partial charge in [0.15, 0.2) is 0 Å². The van der Waals surface area contributed by atoms with Crippen LogP contribution in [0.15, 0.2) is 42.9 Å². The summed E-state index contributed by atoms with van der Waals surface area (Å²) in [5.74, 6) is 0.246. The quantitative estimate of drug-likeness (QED) is 0.736. The Hall–Kier alpha value is -2.77. The molecule has 0 radical (unpaired) electrons. The van der Waals surface area contributed by atoms with Gasteiger partial charge in [-0.3, -0.25) is 14.7 Å². The molecule has 1 aliphatic rings. The molecule has 3 heterocycles. The number of fused-ring (bicyclic) bond motifs is 1. The summed E-state index contributed by atoms with van der Waals surface area (Å²) in [6.07, 6.45) is 8.95. The normalized spacial score (nSPS) is 20.3. The van der Waals surface area contributed by atoms with E-state index in [4.69, 9.17) is 4.74 Å². The number of ether oxygens (including phenoxy) is 1. The topological polar surface area (TPSA) is 78.8 Å². The Balaban J connectivity index is 1.89. The Morgan fingerprint density at radius 2 is 2.13 bits per heavy atom. The minimum absolute atomic E-state index is 0.0583. The lowest BCUT2D eigenvalue weighted by molar-refractivity contribution is 0.0325. The van der Waals surface area contributed by atoms with Crippen molar-refractivity contribution in [1.82, 2.24) is 19.8 Å². The van der Waals surface area contributed by atoms with Crippen LogP contribution in [0.25, 0.3) is 6.08 Å². The molecule has 7 nitrogen and oxygen atoms in total. The molecule has 2 aromatic rings. The van der Waals surface area contributed by atoms with Crippen LogP contribution in [0, 0.1) is 5.92 Å². The zero-order valence-corrected chi connectivity index (χ0v) is 18.7. The smallest absolute Gasteiger partial charge is 0.259 e. The van der Waals surface area contributed by atoms with Gasteiger partial charge in [-0.15, -0.1) is 0 Å². The molecule has 3 rings (SSSR count). The van der Waals surface area contributed by atoms with Crippen molar-refractivity contribution < 1.29 is 14.6 Å². The number of aliphatic hydroxyl groups is 1. The first-order valence-electron chi connectivity index (χ1n) is 10.7. The largest absolute Gasteiger partial charge is 0.472 e. The molecule has 2 aromatic heterocycles. The zero-order valence-electron chi connectivity index (χ0n) is 18.7. The maximum absolute atomic E-state index is 13.3. The lowest BCUT2D eigenvalue weighted by atomic mass is 9.99. The van der Waals surface area contributed by atoms with Crippen molar-refractivity contribution in [3.05, 3.63) is 59.6 Å². The molecule has 0 fully saturated rings. The SMILES string of the molecule is C/C=C/c1cnc2c(c1)C(=O)N([C@H](C)CO)C[C@@H](C)[C@H](CN(C)Cc1ccncc1)O2. The predicted molar refractivity (Wildman–Crippen MR) is 121 cm³/mol. The van der Waals surface area contributed by atoms with Crippen molar-refractivity contribution in [3.63, 3.8) is 0 Å². The number of aromatic nitrogens is 2. The average Bonchev–Trinajstić information content (AvgIpc) is 2.77. The van der Waals surface area contributed by atoms with Gasteiger partial charge < -0.3 is 14.7 Å². The van der Waals surface area contributed by atoms with Crippen LogP contribution >= 0.6 is 0 Å². The summed E-state index contributed by atoms with van der Waals surface area (Å²) >= 11 is 0. The fraction of sp³-hybridized carbons (Fsp3) is 0.458. The molecule has 0 aliphatic carbocycles. The van der Waals surface area contributed by atoms with Crippen molar-refractivity contribution >= 4 is 12.0 Å². The van der Waals surface area contributed by atoms with E-state index < -0.39 is 0 Å². The third-order valence-electron chi connectivity index (χ3n) is 5.59. The van der Waals surface area contributed by atoms with Gasteiger partial charge in [-0.05, 0) is 50.2 Å². The zero-order chi connectivity index (χ0) is 22.4. The van der Waals surface area contributed by atoms with Crippen LogP contribution in [0.4, 0.5) is 0 Å². The number of carbonyl (C=O) groups excluding carboxylic acids is 1. The molecule has 0 aromatic carbocycles. The van der Waals surface area contributed by atoms with Gasteiger partial charge in [0.25, 0.3) is 5.91 Å². The second-order valence-corrected chi connectivity index (χ2v) is 8.30. The Morgan fingerprint density at radius 1 is 1.39 bits per heavy atom. The average molecular weight is 425 g/mol. The molecule has 0 bridgehead atoms. The van der Waals surface area contributed by atoms with E-state index in [0.717, 1.165) is 12.1 Å². The molecule has 0 unspecified atom stereocenters. The van der Waals surface area contributed by atoms with Crippen molar-refractivity contribution in [2.75, 3.05) is 26.7 Å². The molecule has 3 atom stereocenters. The highest BCUT2D eigenvalue weighted by atomic mass is 16.5. The number of aliphatic hydroxyl groups excluding tert-OH is 1. The van der Waals surface area contributed by atoms with Crippen molar-refractivity contribution in [2.24, 2.45) is 5.92 Å². The Kier molecular flexibility index (Phi) is 7.76. The van der Waals surface area contributed by atoms with Crippen molar-refractivity contribution in [3.8, 4) is 5.88 Å². The third-order valence-corrected chi connectivity index (χ3v) is 5.59. The molecule has 1 amide bonds. The van der Waals surface area contributed by atoms with Gasteiger partial charge in [0.2, 0.25) is 5.88 Å². The standard InChI is InChI=1S/C24H32N4O3/c1-5-6-20-11-21-23(26-12-20)31-22(15-27(4)14-19-7-9-25-10-8-19)17(2)13-28(24(21)30)18(3)16-29/h5-12,17-18,22,29H,13-16H2,1-4H3/b6-5+/t17-,18-,22+/m1/s1. The highest BCUT2D eigenvalue weighted by Gasteiger charge is 2.34. The number of hydrogen-bond donors (Lipinski definition) is 1. The number of pyridine rings is 2. The summed E-state index contributed by atoms with van der Waals surface area (Å²) in [6.45, 7) is 7.72. The number of nitrogens with zero attached hydrogens (tertiary/aromatic N) is 4. The molecular weight excluding hydrogens is 392 g/mol. The summed E-state index contributed by atoms with van der Waals surface area (Å²) in [4.78, 5) is 25.8. The van der Waals surface area contributed by atoms with Crippen LogP contribution in [0.2, 0.25) is 0 Å². The van der Waals surface area contributed by atoms with E-state index in [2.05, 4.69) is 28.8 Å². The number of carbonyl (C=O) groups is 1. The molecular formula is C24H32N4O3. The van der Waals surface area contributed by atoms with E-state index >= 15 is 0 Å². The van der Waals surface area contributed by atoms with Crippen molar-refractivity contribution in [2.45, 2.75) is 39.5 Å². The summed E-state index contributed by atoms with van der Waals surface area (Å²) in [6, 6.07) is 5.53. The minimum atomic E-state index is -0.290. The van der Waals surface area contributed by atoms with Gasteiger partial charge in [0.1, 0.15) is 11.7 Å². The fourth-order valence-electron chi connectivity index (χ4n) is 3.79. The van der Waals surface area contributed by atoms with Crippen LogP contribution in [0.1, 0.15) is 42.3 Å². The Bertz CT molecular complexity index is 903. The summed E-state index contributed by atoms with van der Waals surface area (Å²) in [7, 11) is 2.05. The monoisotopic (exact) mass is 424 g/mol. The molecule has 31 heavy (non-hydrogen) atoms. The Labute approximate surface area is 184 Å². The minimum Gasteiger partial charge on any atom is -0.472 e. The number of allylic oxidation sites excluding steroid dienone is 1. The first-order valence-corrected chi connectivity index (χ1v) is 10.7. The number of hydrogen-bond acceptors (Lipinski definition) is 6. The van der Waals surface area contributed by atoms with Gasteiger partial charge in [-0.25, -0.2) is 4.98 Å². The highest BCUT2D eigenvalue weighted by Crippen LogP contribution is 2.27. The second-order valence-electron chi connectivity index (χ2n) is 8.30. The van der Waals surface area contributed by atoms with E-state index in [1.165, 1.54) is 5.56 Å². The van der Waals surface area contributed by atoms with Crippen molar-refractivity contribution in [1.29, 1.82) is 0 Å². The van der Waals surface area contributed by atoms with Gasteiger partial charge in [0.05, 0.1) is 12.6 Å². The van der Waals surface area contributed by atoms with Gasteiger partial charge in [-0.1, -0.05) is 19.1 Å². The predicted octanol–water partition coefficient (Wildman–Crippen LogP) is 2.86. The van der Waals surface area contributed by atoms with Gasteiger partial charge >= 0.3 is 0 Å². The van der Waals surface area contributed by atoms with Crippen LogP contribution in [0.3, 0.4) is 0 Å². The number of amides is 1. The molecule has 1 aliphatic heterocycles. The summed E-state index contributed by atoms with van der Waals surface area (Å²) < 4.78 is 6.32. The summed E-state index contributed by atoms with van der Waals surface area (Å²) in [5.41, 5.74) is 2.45. The molecule has 0 saturated carbocycles. The van der Waals surface area contributed by atoms with E-state index in [1.54, 1.807) is 23.5 Å². The lowest BCUT2D eigenvalue weighted by Gasteiger charge is -2.37. The van der Waals surface area contributed by atoms with Crippen LogP contribution in [0.5, 0.6) is 5.88 Å². The second kappa shape index (κ2) is 10.5. The van der Waals surface area contributed by atoms with E-state index in [-0.39, 0.29) is 30.6 Å². The molecule has 1 N–H and O–H groups in total.